The maximum Gasteiger partial charge on any atom is 0.406 e. The zero-order valence-corrected chi connectivity index (χ0v) is 7.52. The molecule has 90 valence electrons. The summed E-state index contributed by atoms with van der Waals surface area (Å²) in [6, 6.07) is -3.68. The van der Waals surface area contributed by atoms with Gasteiger partial charge < -0.3 is 20.4 Å². The third kappa shape index (κ3) is 2.40. The molecule has 0 unspecified atom stereocenters. The van der Waals surface area contributed by atoms with Gasteiger partial charge in [-0.1, -0.05) is 0 Å². The minimum Gasteiger partial charge on any atom is -0.394 e. The lowest BCUT2D eigenvalue weighted by Gasteiger charge is -2.20. The summed E-state index contributed by atoms with van der Waals surface area (Å²) in [6.07, 6.45) is -10.1. The van der Waals surface area contributed by atoms with Crippen LogP contribution < -0.4 is 5.32 Å². The summed E-state index contributed by atoms with van der Waals surface area (Å²) >= 11 is 0. The van der Waals surface area contributed by atoms with E-state index in [9.17, 15) is 18.3 Å². The summed E-state index contributed by atoms with van der Waals surface area (Å²) < 4.78 is 36.7. The highest BCUT2D eigenvalue weighted by Gasteiger charge is 2.55. The highest BCUT2D eigenvalue weighted by molar-refractivity contribution is 5.03. The molecular weight excluding hydrogens is 219 g/mol. The van der Waals surface area contributed by atoms with Crippen LogP contribution in [0.25, 0.3) is 0 Å². The van der Waals surface area contributed by atoms with Crippen LogP contribution in [-0.2, 0) is 0 Å². The molecule has 0 aromatic carbocycles. The van der Waals surface area contributed by atoms with Gasteiger partial charge in [-0.3, -0.25) is 5.32 Å². The van der Waals surface area contributed by atoms with Crippen LogP contribution in [0.1, 0.15) is 0 Å². The molecule has 1 saturated heterocycles. The Bertz CT molecular complexity index is 225. The van der Waals surface area contributed by atoms with Gasteiger partial charge in [0.1, 0.15) is 12.1 Å². The van der Waals surface area contributed by atoms with Crippen LogP contribution >= 0.6 is 0 Å². The maximum atomic E-state index is 12.2. The Morgan fingerprint density at radius 3 is 2.07 bits per heavy atom. The van der Waals surface area contributed by atoms with Crippen LogP contribution in [0, 0.1) is 0 Å². The number of aliphatic hydroxyl groups excluding tert-OH is 4. The molecule has 0 saturated carbocycles. The van der Waals surface area contributed by atoms with Gasteiger partial charge in [0.05, 0.1) is 24.9 Å². The van der Waals surface area contributed by atoms with Crippen LogP contribution in [0.4, 0.5) is 13.2 Å². The molecular formula is C7H12F3NO4. The minimum atomic E-state index is -4.72. The van der Waals surface area contributed by atoms with Crippen LogP contribution in [0.2, 0.25) is 0 Å². The van der Waals surface area contributed by atoms with Crippen molar-refractivity contribution in [3.63, 3.8) is 0 Å². The van der Waals surface area contributed by atoms with Crippen molar-refractivity contribution >= 4 is 0 Å². The largest absolute Gasteiger partial charge is 0.406 e. The van der Waals surface area contributed by atoms with E-state index in [1.807, 2.05) is 5.32 Å². The first-order valence-electron chi connectivity index (χ1n) is 4.27. The Morgan fingerprint density at radius 1 is 1.20 bits per heavy atom. The number of hydrogen-bond acceptors (Lipinski definition) is 5. The highest BCUT2D eigenvalue weighted by Crippen LogP contribution is 2.30. The fraction of sp³-hybridized carbons (Fsp3) is 1.00. The molecule has 1 aliphatic heterocycles. The van der Waals surface area contributed by atoms with Gasteiger partial charge in [-0.05, 0) is 0 Å². The van der Waals surface area contributed by atoms with Crippen molar-refractivity contribution < 1.29 is 33.6 Å². The molecule has 1 fully saturated rings. The smallest absolute Gasteiger partial charge is 0.394 e. The summed E-state index contributed by atoms with van der Waals surface area (Å²) in [5, 5.41) is 37.7. The van der Waals surface area contributed by atoms with Crippen molar-refractivity contribution in [2.24, 2.45) is 0 Å². The second kappa shape index (κ2) is 4.22. The Hall–Kier alpha value is -0.410. The van der Waals surface area contributed by atoms with Gasteiger partial charge >= 0.3 is 6.18 Å². The van der Waals surface area contributed by atoms with E-state index in [0.717, 1.165) is 0 Å². The van der Waals surface area contributed by atoms with Gasteiger partial charge in [0, 0.05) is 0 Å². The Morgan fingerprint density at radius 2 is 1.73 bits per heavy atom. The molecule has 1 heterocycles. The Kier molecular flexibility index (Phi) is 3.56. The molecule has 5 N–H and O–H groups in total. The van der Waals surface area contributed by atoms with E-state index < -0.39 is 43.2 Å². The molecule has 5 nitrogen and oxygen atoms in total. The number of aliphatic hydroxyl groups is 4. The van der Waals surface area contributed by atoms with Gasteiger partial charge in [0.15, 0.2) is 0 Å². The number of rotatable bonds is 2. The van der Waals surface area contributed by atoms with E-state index in [2.05, 4.69) is 0 Å². The van der Waals surface area contributed by atoms with Crippen molar-refractivity contribution in [2.75, 3.05) is 6.61 Å². The predicted octanol–water partition coefficient (Wildman–Crippen LogP) is -2.04. The van der Waals surface area contributed by atoms with Crippen molar-refractivity contribution in [2.45, 2.75) is 36.6 Å². The molecule has 0 bridgehead atoms. The Balaban J connectivity index is 2.76. The average molecular weight is 231 g/mol. The van der Waals surface area contributed by atoms with Crippen molar-refractivity contribution in [1.29, 1.82) is 0 Å². The lowest BCUT2D eigenvalue weighted by molar-refractivity contribution is -0.174. The summed E-state index contributed by atoms with van der Waals surface area (Å²) in [5.41, 5.74) is 0. The summed E-state index contributed by atoms with van der Waals surface area (Å²) in [6.45, 7) is -0.800. The lowest BCUT2D eigenvalue weighted by atomic mass is 10.0. The fourth-order valence-electron chi connectivity index (χ4n) is 1.55. The molecule has 8 heteroatoms. The first-order chi connectivity index (χ1) is 6.79. The molecule has 1 aliphatic rings. The van der Waals surface area contributed by atoms with Crippen molar-refractivity contribution in [3.8, 4) is 0 Å². The summed E-state index contributed by atoms with van der Waals surface area (Å²) in [4.78, 5) is 0. The summed E-state index contributed by atoms with van der Waals surface area (Å²) in [7, 11) is 0. The number of nitrogens with one attached hydrogen (secondary N) is 1. The maximum absolute atomic E-state index is 12.2. The lowest BCUT2D eigenvalue weighted by Crippen LogP contribution is -2.48. The first-order valence-corrected chi connectivity index (χ1v) is 4.27. The van der Waals surface area contributed by atoms with E-state index in [4.69, 9.17) is 15.3 Å². The fourth-order valence-corrected chi connectivity index (χ4v) is 1.55. The minimum absolute atomic E-state index is 0.800. The van der Waals surface area contributed by atoms with Crippen LogP contribution in [-0.4, -0.2) is 63.6 Å². The van der Waals surface area contributed by atoms with Gasteiger partial charge in [-0.25, -0.2) is 0 Å². The topological polar surface area (TPSA) is 93.0 Å². The van der Waals surface area contributed by atoms with Crippen LogP contribution in [0.3, 0.4) is 0 Å². The second-order valence-corrected chi connectivity index (χ2v) is 3.44. The second-order valence-electron chi connectivity index (χ2n) is 3.44. The third-order valence-electron chi connectivity index (χ3n) is 2.39. The number of hydrogen-bond donors (Lipinski definition) is 5. The molecule has 15 heavy (non-hydrogen) atoms. The molecule has 0 aromatic rings. The van der Waals surface area contributed by atoms with E-state index in [-0.39, 0.29) is 0 Å². The monoisotopic (exact) mass is 231 g/mol. The normalized spacial score (nSPS) is 39.4. The first kappa shape index (κ1) is 12.7. The average Bonchev–Trinajstić information content (AvgIpc) is 2.42. The number of halogens is 3. The molecule has 1 rings (SSSR count). The van der Waals surface area contributed by atoms with E-state index >= 15 is 0 Å². The van der Waals surface area contributed by atoms with E-state index in [1.165, 1.54) is 0 Å². The standard InChI is InChI=1S/C7H12F3NO4/c8-7(9,10)6-5(15)4(14)3(11-6)2(13)1-12/h2-6,11-15H,1H2/t2-,3+,4+,5+,6+/m1/s1. The quantitative estimate of drug-likeness (QED) is 0.378. The number of alkyl halides is 3. The Labute approximate surface area is 83.1 Å². The zero-order valence-electron chi connectivity index (χ0n) is 7.52. The molecule has 0 spiro atoms. The molecule has 5 atom stereocenters. The van der Waals surface area contributed by atoms with Crippen molar-refractivity contribution in [1.82, 2.24) is 5.32 Å². The van der Waals surface area contributed by atoms with Crippen LogP contribution in [0.15, 0.2) is 0 Å². The highest BCUT2D eigenvalue weighted by atomic mass is 19.4. The van der Waals surface area contributed by atoms with E-state index in [0.29, 0.717) is 0 Å². The van der Waals surface area contributed by atoms with Gasteiger partial charge in [0.25, 0.3) is 0 Å². The summed E-state index contributed by atoms with van der Waals surface area (Å²) in [5.74, 6) is 0. The molecule has 0 aliphatic carbocycles. The molecule has 0 amide bonds. The van der Waals surface area contributed by atoms with E-state index in [1.54, 1.807) is 0 Å². The predicted molar refractivity (Wildman–Crippen MR) is 41.9 cm³/mol. The third-order valence-corrected chi connectivity index (χ3v) is 2.39. The molecule has 0 aromatic heterocycles. The SMILES string of the molecule is OC[C@@H](O)[C@@H]1N[C@H](C(F)(F)F)[C@@H](O)[C@H]1O. The van der Waals surface area contributed by atoms with Crippen LogP contribution in [0.5, 0.6) is 0 Å². The van der Waals surface area contributed by atoms with Gasteiger partial charge in [-0.15, -0.1) is 0 Å². The zero-order chi connectivity index (χ0) is 11.8. The van der Waals surface area contributed by atoms with Gasteiger partial charge in [-0.2, -0.15) is 13.2 Å². The molecule has 0 radical (unpaired) electrons. The van der Waals surface area contributed by atoms with Crippen molar-refractivity contribution in [3.05, 3.63) is 0 Å². The van der Waals surface area contributed by atoms with Gasteiger partial charge in [0.2, 0.25) is 0 Å².